The first kappa shape index (κ1) is 20.9. The number of carbonyl (C=O) groups excluding carboxylic acids is 2. The van der Waals surface area contributed by atoms with E-state index < -0.39 is 18.0 Å². The van der Waals surface area contributed by atoms with E-state index >= 15 is 0 Å². The molecule has 0 amide bonds. The maximum atomic E-state index is 12.1. The summed E-state index contributed by atoms with van der Waals surface area (Å²) in [5.74, 6) is 0.0560. The third kappa shape index (κ3) is 5.29. The van der Waals surface area contributed by atoms with Gasteiger partial charge in [0.1, 0.15) is 5.75 Å². The standard InChI is InChI=1S/C18H23N5O5/c1-11(14(24)26-6)27-15(25)12-7-9-13(10-8-12)28-18-20-16(22(2)3)19-17(21-18)23(4)5/h7-11H,1-6H3/t11-/m0/s1. The predicted molar refractivity (Wildman–Crippen MR) is 102 cm³/mol. The van der Waals surface area contributed by atoms with E-state index in [1.165, 1.54) is 26.2 Å². The zero-order valence-electron chi connectivity index (χ0n) is 16.7. The summed E-state index contributed by atoms with van der Waals surface area (Å²) < 4.78 is 15.2. The van der Waals surface area contributed by atoms with Gasteiger partial charge in [-0.25, -0.2) is 9.59 Å². The second-order valence-corrected chi connectivity index (χ2v) is 6.20. The highest BCUT2D eigenvalue weighted by molar-refractivity contribution is 5.91. The Hall–Kier alpha value is -3.43. The van der Waals surface area contributed by atoms with Crippen LogP contribution in [0.2, 0.25) is 0 Å². The third-order valence-corrected chi connectivity index (χ3v) is 3.51. The SMILES string of the molecule is COC(=O)[C@H](C)OC(=O)c1ccc(Oc2nc(N(C)C)nc(N(C)C)n2)cc1. The van der Waals surface area contributed by atoms with Crippen molar-refractivity contribution in [2.45, 2.75) is 13.0 Å². The fourth-order valence-electron chi connectivity index (χ4n) is 1.99. The highest BCUT2D eigenvalue weighted by atomic mass is 16.6. The van der Waals surface area contributed by atoms with Crippen molar-refractivity contribution >= 4 is 23.8 Å². The lowest BCUT2D eigenvalue weighted by Crippen LogP contribution is -2.25. The molecule has 1 aromatic carbocycles. The normalized spacial score (nSPS) is 11.4. The molecule has 2 rings (SSSR count). The van der Waals surface area contributed by atoms with Gasteiger partial charge in [-0.05, 0) is 31.2 Å². The number of benzene rings is 1. The molecular formula is C18H23N5O5. The molecule has 0 aliphatic heterocycles. The van der Waals surface area contributed by atoms with Gasteiger partial charge in [0.15, 0.2) is 6.10 Å². The molecule has 0 bridgehead atoms. The van der Waals surface area contributed by atoms with E-state index in [0.29, 0.717) is 17.6 Å². The summed E-state index contributed by atoms with van der Waals surface area (Å²) in [5, 5.41) is 0. The lowest BCUT2D eigenvalue weighted by Gasteiger charge is -2.16. The maximum absolute atomic E-state index is 12.1. The zero-order chi connectivity index (χ0) is 20.8. The molecule has 0 N–H and O–H groups in total. The molecule has 0 radical (unpaired) electrons. The number of carbonyl (C=O) groups is 2. The van der Waals surface area contributed by atoms with Gasteiger partial charge in [0, 0.05) is 28.2 Å². The number of nitrogens with zero attached hydrogens (tertiary/aromatic N) is 5. The van der Waals surface area contributed by atoms with Gasteiger partial charge in [-0.1, -0.05) is 0 Å². The Labute approximate surface area is 163 Å². The van der Waals surface area contributed by atoms with Crippen LogP contribution in [0.4, 0.5) is 11.9 Å². The molecule has 1 aromatic heterocycles. The maximum Gasteiger partial charge on any atom is 0.346 e. The van der Waals surface area contributed by atoms with Gasteiger partial charge in [-0.3, -0.25) is 0 Å². The van der Waals surface area contributed by atoms with Gasteiger partial charge in [0.25, 0.3) is 0 Å². The van der Waals surface area contributed by atoms with E-state index in [-0.39, 0.29) is 11.6 Å². The van der Waals surface area contributed by atoms with Crippen molar-refractivity contribution in [1.82, 2.24) is 15.0 Å². The Kier molecular flexibility index (Phi) is 6.69. The zero-order valence-corrected chi connectivity index (χ0v) is 16.7. The number of hydrogen-bond donors (Lipinski definition) is 0. The van der Waals surface area contributed by atoms with Crippen LogP contribution in [0.3, 0.4) is 0 Å². The molecule has 0 spiro atoms. The van der Waals surface area contributed by atoms with Gasteiger partial charge in [0.05, 0.1) is 12.7 Å². The van der Waals surface area contributed by atoms with E-state index in [0.717, 1.165) is 0 Å². The quantitative estimate of drug-likeness (QED) is 0.647. The van der Waals surface area contributed by atoms with E-state index in [4.69, 9.17) is 9.47 Å². The summed E-state index contributed by atoms with van der Waals surface area (Å²) in [6, 6.07) is 6.31. The number of rotatable bonds is 7. The van der Waals surface area contributed by atoms with E-state index in [2.05, 4.69) is 19.7 Å². The number of hydrogen-bond acceptors (Lipinski definition) is 10. The van der Waals surface area contributed by atoms with Gasteiger partial charge in [-0.15, -0.1) is 0 Å². The smallest absolute Gasteiger partial charge is 0.346 e. The molecular weight excluding hydrogens is 366 g/mol. The Balaban J connectivity index is 2.14. The molecule has 28 heavy (non-hydrogen) atoms. The largest absolute Gasteiger partial charge is 0.466 e. The second kappa shape index (κ2) is 8.98. The van der Waals surface area contributed by atoms with Crippen LogP contribution in [0.15, 0.2) is 24.3 Å². The highest BCUT2D eigenvalue weighted by Crippen LogP contribution is 2.22. The molecule has 1 heterocycles. The number of anilines is 2. The van der Waals surface area contributed by atoms with Gasteiger partial charge >= 0.3 is 17.9 Å². The minimum Gasteiger partial charge on any atom is -0.466 e. The van der Waals surface area contributed by atoms with Crippen molar-refractivity contribution < 1.29 is 23.8 Å². The van der Waals surface area contributed by atoms with Crippen molar-refractivity contribution in [2.75, 3.05) is 45.1 Å². The fraction of sp³-hybridized carbons (Fsp3) is 0.389. The van der Waals surface area contributed by atoms with Crippen LogP contribution in [0.25, 0.3) is 0 Å². The Morgan fingerprint density at radius 1 is 0.929 bits per heavy atom. The Morgan fingerprint density at radius 2 is 1.46 bits per heavy atom. The van der Waals surface area contributed by atoms with Gasteiger partial charge < -0.3 is 24.0 Å². The molecule has 0 fully saturated rings. The van der Waals surface area contributed by atoms with Crippen LogP contribution in [0, 0.1) is 0 Å². The first-order chi connectivity index (χ1) is 13.2. The molecule has 0 saturated heterocycles. The average molecular weight is 389 g/mol. The highest BCUT2D eigenvalue weighted by Gasteiger charge is 2.19. The molecule has 2 aromatic rings. The molecule has 0 aliphatic carbocycles. The van der Waals surface area contributed by atoms with E-state index in [1.807, 2.05) is 28.2 Å². The molecule has 10 heteroatoms. The van der Waals surface area contributed by atoms with Crippen molar-refractivity contribution in [3.8, 4) is 11.8 Å². The molecule has 0 unspecified atom stereocenters. The van der Waals surface area contributed by atoms with Crippen LogP contribution in [-0.2, 0) is 14.3 Å². The van der Waals surface area contributed by atoms with Crippen LogP contribution in [0.1, 0.15) is 17.3 Å². The van der Waals surface area contributed by atoms with Gasteiger partial charge in [0.2, 0.25) is 11.9 Å². The molecule has 0 aliphatic rings. The summed E-state index contributed by atoms with van der Waals surface area (Å²) >= 11 is 0. The first-order valence-corrected chi connectivity index (χ1v) is 8.38. The second-order valence-electron chi connectivity index (χ2n) is 6.20. The Morgan fingerprint density at radius 3 is 1.93 bits per heavy atom. The average Bonchev–Trinajstić information content (AvgIpc) is 2.67. The van der Waals surface area contributed by atoms with Crippen molar-refractivity contribution in [2.24, 2.45) is 0 Å². The molecule has 10 nitrogen and oxygen atoms in total. The number of methoxy groups -OCH3 is 1. The summed E-state index contributed by atoms with van der Waals surface area (Å²) in [5.41, 5.74) is 0.265. The monoisotopic (exact) mass is 389 g/mol. The van der Waals surface area contributed by atoms with Crippen LogP contribution < -0.4 is 14.5 Å². The molecule has 0 saturated carbocycles. The fourth-order valence-corrected chi connectivity index (χ4v) is 1.99. The van der Waals surface area contributed by atoms with Crippen molar-refractivity contribution in [1.29, 1.82) is 0 Å². The summed E-state index contributed by atoms with van der Waals surface area (Å²) in [4.78, 5) is 39.7. The van der Waals surface area contributed by atoms with Crippen molar-refractivity contribution in [3.05, 3.63) is 29.8 Å². The van der Waals surface area contributed by atoms with E-state index in [1.54, 1.807) is 21.9 Å². The van der Waals surface area contributed by atoms with Crippen LogP contribution in [-0.4, -0.2) is 68.3 Å². The molecule has 1 atom stereocenters. The van der Waals surface area contributed by atoms with Gasteiger partial charge in [-0.2, -0.15) is 15.0 Å². The van der Waals surface area contributed by atoms with Crippen molar-refractivity contribution in [3.63, 3.8) is 0 Å². The lowest BCUT2D eigenvalue weighted by molar-refractivity contribution is -0.149. The number of aromatic nitrogens is 3. The third-order valence-electron chi connectivity index (χ3n) is 3.51. The first-order valence-electron chi connectivity index (χ1n) is 8.38. The topological polar surface area (TPSA) is 107 Å². The summed E-state index contributed by atoms with van der Waals surface area (Å²) in [6.45, 7) is 1.44. The number of ether oxygens (including phenoxy) is 3. The minimum absolute atomic E-state index is 0.122. The Bertz CT molecular complexity index is 813. The molecule has 150 valence electrons. The van der Waals surface area contributed by atoms with E-state index in [9.17, 15) is 9.59 Å². The minimum atomic E-state index is -0.993. The summed E-state index contributed by atoms with van der Waals surface area (Å²) in [6.07, 6.45) is -0.993. The predicted octanol–water partition coefficient (Wildman–Crippen LogP) is 1.51. The van der Waals surface area contributed by atoms with Crippen LogP contribution in [0.5, 0.6) is 11.8 Å². The van der Waals surface area contributed by atoms with Crippen LogP contribution >= 0.6 is 0 Å². The number of esters is 2. The lowest BCUT2D eigenvalue weighted by atomic mass is 10.2. The summed E-state index contributed by atoms with van der Waals surface area (Å²) in [7, 11) is 8.48.